The van der Waals surface area contributed by atoms with Gasteiger partial charge < -0.3 is 9.96 Å². The summed E-state index contributed by atoms with van der Waals surface area (Å²) in [6, 6.07) is 1.04. The lowest BCUT2D eigenvalue weighted by atomic mass is 10.2. The van der Waals surface area contributed by atoms with Gasteiger partial charge in [-0.25, -0.2) is 0 Å². The van der Waals surface area contributed by atoms with Gasteiger partial charge in [-0.05, 0) is 22.2 Å². The maximum Gasteiger partial charge on any atom is 0.212 e. The summed E-state index contributed by atoms with van der Waals surface area (Å²) >= 11 is 0. The van der Waals surface area contributed by atoms with E-state index in [0.717, 1.165) is 0 Å². The molecule has 0 amide bonds. The summed E-state index contributed by atoms with van der Waals surface area (Å²) in [5.41, 5.74) is 0. The third-order valence-electron chi connectivity index (χ3n) is 3.26. The molecule has 0 aliphatic heterocycles. The third kappa shape index (κ3) is 4.07. The lowest BCUT2D eigenvalue weighted by molar-refractivity contribution is 0.505. The molecule has 0 bridgehead atoms. The Bertz CT molecular complexity index is 208. The van der Waals surface area contributed by atoms with E-state index in [-0.39, 0.29) is 10.1 Å². The van der Waals surface area contributed by atoms with Gasteiger partial charge in [-0.1, -0.05) is 69.2 Å². The molecule has 0 aliphatic carbocycles. The number of nitrogens with one attached hydrogen (secondary N) is 2. The monoisotopic (exact) mass is 258 g/mol. The second kappa shape index (κ2) is 5.41. The standard InChI is InChI=1S/C14H34N2Si/c1-11(2)15-17(13(5,6)7,14(8,9)10)16-12(3)4/h11-12,15-16H,1-10H3. The van der Waals surface area contributed by atoms with Crippen molar-refractivity contribution in [3.05, 3.63) is 0 Å². The first-order valence-electron chi connectivity index (χ1n) is 6.89. The molecule has 0 aliphatic rings. The first-order chi connectivity index (χ1) is 7.33. The molecular weight excluding hydrogens is 224 g/mol. The van der Waals surface area contributed by atoms with E-state index in [2.05, 4.69) is 79.2 Å². The Morgan fingerprint density at radius 1 is 0.647 bits per heavy atom. The predicted octanol–water partition coefficient (Wildman–Crippen LogP) is 4.02. The molecule has 17 heavy (non-hydrogen) atoms. The molecule has 2 nitrogen and oxygen atoms in total. The average Bonchev–Trinajstić information content (AvgIpc) is 1.96. The van der Waals surface area contributed by atoms with Crippen LogP contribution in [0.1, 0.15) is 69.2 Å². The number of hydrogen-bond donors (Lipinski definition) is 2. The van der Waals surface area contributed by atoms with Crippen LogP contribution >= 0.6 is 0 Å². The van der Waals surface area contributed by atoms with Gasteiger partial charge >= 0.3 is 0 Å². The summed E-state index contributed by atoms with van der Waals surface area (Å²) in [7, 11) is -1.82. The summed E-state index contributed by atoms with van der Waals surface area (Å²) in [4.78, 5) is 7.86. The van der Waals surface area contributed by atoms with Crippen molar-refractivity contribution in [3.63, 3.8) is 0 Å². The Hall–Kier alpha value is 0.137. The molecule has 104 valence electrons. The predicted molar refractivity (Wildman–Crippen MR) is 81.7 cm³/mol. The highest BCUT2D eigenvalue weighted by molar-refractivity contribution is 6.80. The molecule has 0 saturated heterocycles. The van der Waals surface area contributed by atoms with Crippen LogP contribution in [-0.2, 0) is 0 Å². The normalized spacial score (nSPS) is 14.8. The third-order valence-corrected chi connectivity index (χ3v) is 9.78. The Balaban J connectivity index is 5.55. The van der Waals surface area contributed by atoms with Crippen molar-refractivity contribution in [2.24, 2.45) is 0 Å². The fourth-order valence-corrected chi connectivity index (χ4v) is 8.70. The summed E-state index contributed by atoms with van der Waals surface area (Å²) in [5, 5.41) is 0.555. The molecule has 0 aromatic carbocycles. The van der Waals surface area contributed by atoms with E-state index < -0.39 is 8.40 Å². The summed E-state index contributed by atoms with van der Waals surface area (Å²) in [6.45, 7) is 23.2. The Labute approximate surface area is 110 Å². The Kier molecular flexibility index (Phi) is 5.46. The van der Waals surface area contributed by atoms with Crippen LogP contribution < -0.4 is 9.96 Å². The largest absolute Gasteiger partial charge is 0.322 e. The van der Waals surface area contributed by atoms with Crippen molar-refractivity contribution < 1.29 is 0 Å². The highest BCUT2D eigenvalue weighted by Gasteiger charge is 2.54. The van der Waals surface area contributed by atoms with Gasteiger partial charge in [-0.3, -0.25) is 0 Å². The van der Waals surface area contributed by atoms with Crippen LogP contribution in [0.15, 0.2) is 0 Å². The molecule has 2 N–H and O–H groups in total. The number of hydrogen-bond acceptors (Lipinski definition) is 2. The Morgan fingerprint density at radius 3 is 1.00 bits per heavy atom. The van der Waals surface area contributed by atoms with Gasteiger partial charge in [0.05, 0.1) is 0 Å². The smallest absolute Gasteiger partial charge is 0.212 e. The zero-order chi connectivity index (χ0) is 14.1. The maximum absolute atomic E-state index is 3.93. The molecule has 0 unspecified atom stereocenters. The van der Waals surface area contributed by atoms with Crippen LogP contribution in [0.5, 0.6) is 0 Å². The van der Waals surface area contributed by atoms with Crippen molar-refractivity contribution in [3.8, 4) is 0 Å². The first kappa shape index (κ1) is 17.1. The van der Waals surface area contributed by atoms with Crippen LogP contribution in [-0.4, -0.2) is 20.5 Å². The highest BCUT2D eigenvalue weighted by atomic mass is 28.3. The number of rotatable bonds is 4. The minimum Gasteiger partial charge on any atom is -0.322 e. The summed E-state index contributed by atoms with van der Waals surface area (Å²) in [6.07, 6.45) is 0. The van der Waals surface area contributed by atoms with E-state index in [1.54, 1.807) is 0 Å². The first-order valence-corrected chi connectivity index (χ1v) is 8.89. The van der Waals surface area contributed by atoms with Crippen LogP contribution in [0.25, 0.3) is 0 Å². The van der Waals surface area contributed by atoms with Gasteiger partial charge in [0.2, 0.25) is 8.40 Å². The van der Waals surface area contributed by atoms with Gasteiger partial charge in [0.15, 0.2) is 0 Å². The van der Waals surface area contributed by atoms with E-state index in [0.29, 0.717) is 12.1 Å². The molecule has 0 rings (SSSR count). The lowest BCUT2D eigenvalue weighted by Crippen LogP contribution is -2.75. The Morgan fingerprint density at radius 2 is 0.882 bits per heavy atom. The van der Waals surface area contributed by atoms with Crippen molar-refractivity contribution >= 4 is 8.40 Å². The zero-order valence-corrected chi connectivity index (χ0v) is 14.7. The molecule has 0 aromatic rings. The quantitative estimate of drug-likeness (QED) is 0.744. The molecular formula is C14H34N2Si. The van der Waals surface area contributed by atoms with Gasteiger partial charge in [-0.15, -0.1) is 0 Å². The van der Waals surface area contributed by atoms with E-state index in [1.165, 1.54) is 0 Å². The lowest BCUT2D eigenvalue weighted by Gasteiger charge is -2.54. The molecule has 0 aromatic heterocycles. The SMILES string of the molecule is CC(C)N[Si](NC(C)C)(C(C)(C)C)C(C)(C)C. The van der Waals surface area contributed by atoms with Gasteiger partial charge in [0, 0.05) is 0 Å². The maximum atomic E-state index is 3.93. The van der Waals surface area contributed by atoms with E-state index >= 15 is 0 Å². The van der Waals surface area contributed by atoms with Gasteiger partial charge in [0.1, 0.15) is 0 Å². The van der Waals surface area contributed by atoms with Crippen molar-refractivity contribution in [2.75, 3.05) is 0 Å². The average molecular weight is 259 g/mol. The fraction of sp³-hybridized carbons (Fsp3) is 1.00. The molecule has 0 spiro atoms. The minimum atomic E-state index is -1.82. The van der Waals surface area contributed by atoms with Crippen molar-refractivity contribution in [1.82, 2.24) is 9.96 Å². The van der Waals surface area contributed by atoms with E-state index in [1.807, 2.05) is 0 Å². The van der Waals surface area contributed by atoms with Gasteiger partial charge in [0.25, 0.3) is 0 Å². The zero-order valence-electron chi connectivity index (χ0n) is 13.7. The van der Waals surface area contributed by atoms with Crippen LogP contribution in [0.4, 0.5) is 0 Å². The summed E-state index contributed by atoms with van der Waals surface area (Å²) < 4.78 is 0. The molecule has 3 heteroatoms. The van der Waals surface area contributed by atoms with E-state index in [9.17, 15) is 0 Å². The minimum absolute atomic E-state index is 0.278. The van der Waals surface area contributed by atoms with E-state index in [4.69, 9.17) is 0 Å². The summed E-state index contributed by atoms with van der Waals surface area (Å²) in [5.74, 6) is 0. The van der Waals surface area contributed by atoms with Crippen molar-refractivity contribution in [1.29, 1.82) is 0 Å². The topological polar surface area (TPSA) is 24.1 Å². The molecule has 0 heterocycles. The molecule has 0 atom stereocenters. The van der Waals surface area contributed by atoms with Crippen molar-refractivity contribution in [2.45, 2.75) is 91.4 Å². The molecule has 0 fully saturated rings. The second-order valence-corrected chi connectivity index (χ2v) is 12.9. The fourth-order valence-electron chi connectivity index (χ4n) is 2.90. The highest BCUT2D eigenvalue weighted by Crippen LogP contribution is 2.47. The second-order valence-electron chi connectivity index (χ2n) is 7.85. The molecule has 0 saturated carbocycles. The molecule has 0 radical (unpaired) electrons. The van der Waals surface area contributed by atoms with Crippen LogP contribution in [0.2, 0.25) is 10.1 Å². The van der Waals surface area contributed by atoms with Crippen LogP contribution in [0.3, 0.4) is 0 Å². The van der Waals surface area contributed by atoms with Gasteiger partial charge in [-0.2, -0.15) is 0 Å². The van der Waals surface area contributed by atoms with Crippen LogP contribution in [0, 0.1) is 0 Å².